The molecule has 4 bridgehead atoms. The minimum atomic E-state index is -0.848. The van der Waals surface area contributed by atoms with Gasteiger partial charge in [-0.05, 0) is 57.8 Å². The van der Waals surface area contributed by atoms with Crippen LogP contribution in [0, 0.1) is 11.3 Å². The second-order valence-electron chi connectivity index (χ2n) is 11.0. The number of aromatic hydroxyl groups is 1. The first kappa shape index (κ1) is 20.1. The Morgan fingerprint density at radius 3 is 2.87 bits per heavy atom. The quantitative estimate of drug-likeness (QED) is 0.707. The van der Waals surface area contributed by atoms with Crippen LogP contribution in [-0.2, 0) is 16.6 Å². The lowest BCUT2D eigenvalue weighted by Crippen LogP contribution is -2.80. The Morgan fingerprint density at radius 1 is 1.32 bits per heavy atom. The number of hydrogen-bond acceptors (Lipinski definition) is 5. The molecule has 2 fully saturated rings. The molecule has 0 radical (unpaired) electrons. The summed E-state index contributed by atoms with van der Waals surface area (Å²) in [4.78, 5) is 2.52. The third-order valence-electron chi connectivity index (χ3n) is 9.86. The molecule has 31 heavy (non-hydrogen) atoms. The Labute approximate surface area is 185 Å². The Morgan fingerprint density at radius 2 is 2.13 bits per heavy atom. The summed E-state index contributed by atoms with van der Waals surface area (Å²) in [6.45, 7) is 5.18. The number of benzene rings is 1. The van der Waals surface area contributed by atoms with E-state index in [0.717, 1.165) is 45.1 Å². The van der Waals surface area contributed by atoms with E-state index in [1.807, 2.05) is 6.92 Å². The fourth-order valence-electron chi connectivity index (χ4n) is 8.47. The van der Waals surface area contributed by atoms with Gasteiger partial charge in [0.2, 0.25) is 0 Å². The molecule has 2 unspecified atom stereocenters. The third-order valence-corrected chi connectivity index (χ3v) is 9.86. The number of phenols is 1. The zero-order valence-corrected chi connectivity index (χ0v) is 19.1. The summed E-state index contributed by atoms with van der Waals surface area (Å²) in [5, 5.41) is 22.6. The molecule has 2 heterocycles. The molecule has 7 rings (SSSR count). The topological polar surface area (TPSA) is 62.2 Å². The Hall–Kier alpha value is -1.56. The molecule has 1 saturated heterocycles. The van der Waals surface area contributed by atoms with Crippen molar-refractivity contribution in [3.05, 3.63) is 35.4 Å². The number of unbranched alkanes of at least 4 members (excludes halogenated alkanes) is 1. The zero-order valence-electron chi connectivity index (χ0n) is 19.1. The van der Waals surface area contributed by atoms with Crippen LogP contribution in [-0.4, -0.2) is 59.2 Å². The Bertz CT molecular complexity index is 972. The van der Waals surface area contributed by atoms with E-state index in [9.17, 15) is 10.2 Å². The first-order valence-corrected chi connectivity index (χ1v) is 12.0. The normalized spacial score (nSPS) is 43.5. The van der Waals surface area contributed by atoms with Crippen LogP contribution in [0.25, 0.3) is 0 Å². The summed E-state index contributed by atoms with van der Waals surface area (Å²) >= 11 is 0. The van der Waals surface area contributed by atoms with Gasteiger partial charge < -0.3 is 24.6 Å². The predicted molar refractivity (Wildman–Crippen MR) is 119 cm³/mol. The number of phenolic OH excluding ortho intramolecular Hbond substituents is 1. The van der Waals surface area contributed by atoms with Crippen LogP contribution in [0.3, 0.4) is 0 Å². The highest BCUT2D eigenvalue weighted by molar-refractivity contribution is 5.65. The standard InChI is InChI=1S/C26H35NO4/c1-5-6-9-23(2,29)18-15-24-10-11-26(18,30-4)22-25(24)12-13-27(3)19(24)14-16-7-8-17(28)21(31-22)20(16)25/h7-8,10-11,18-19,22,28-29H,5-6,9,12-15H2,1-4H3/t18?,19-,22-,23-,24?,25+,26+/m1/s1. The monoisotopic (exact) mass is 425 g/mol. The number of piperidine rings is 1. The number of fused-ring (bicyclic) bond motifs is 1. The summed E-state index contributed by atoms with van der Waals surface area (Å²) in [6.07, 6.45) is 10.0. The van der Waals surface area contributed by atoms with Crippen molar-refractivity contribution in [2.75, 3.05) is 20.7 Å². The van der Waals surface area contributed by atoms with E-state index in [-0.39, 0.29) is 28.6 Å². The first-order valence-electron chi connectivity index (χ1n) is 12.0. The lowest BCUT2D eigenvalue weighted by molar-refractivity contribution is -0.247. The van der Waals surface area contributed by atoms with Gasteiger partial charge in [0.25, 0.3) is 0 Å². The van der Waals surface area contributed by atoms with Crippen molar-refractivity contribution >= 4 is 0 Å². The summed E-state index contributed by atoms with van der Waals surface area (Å²) in [6, 6.07) is 4.24. The molecule has 2 aliphatic heterocycles. The van der Waals surface area contributed by atoms with Crippen LogP contribution < -0.4 is 4.74 Å². The van der Waals surface area contributed by atoms with Crippen molar-refractivity contribution < 1.29 is 19.7 Å². The molecule has 0 aromatic heterocycles. The van der Waals surface area contributed by atoms with E-state index < -0.39 is 11.2 Å². The smallest absolute Gasteiger partial charge is 0.165 e. The van der Waals surface area contributed by atoms with Crippen LogP contribution in [0.4, 0.5) is 0 Å². The molecule has 1 saturated carbocycles. The van der Waals surface area contributed by atoms with Gasteiger partial charge in [-0.25, -0.2) is 0 Å². The van der Waals surface area contributed by atoms with E-state index >= 15 is 0 Å². The number of hydrogen-bond donors (Lipinski definition) is 2. The number of likely N-dealkylation sites (N-methyl/N-ethyl adjacent to an activating group) is 1. The zero-order chi connectivity index (χ0) is 21.8. The summed E-state index contributed by atoms with van der Waals surface area (Å²) < 4.78 is 13.1. The van der Waals surface area contributed by atoms with Crippen LogP contribution in [0.1, 0.15) is 57.1 Å². The van der Waals surface area contributed by atoms with Gasteiger partial charge in [0.1, 0.15) is 11.7 Å². The van der Waals surface area contributed by atoms with E-state index in [1.54, 1.807) is 13.2 Å². The highest BCUT2D eigenvalue weighted by Crippen LogP contribution is 2.75. The summed E-state index contributed by atoms with van der Waals surface area (Å²) in [5.74, 6) is 0.829. The molecule has 2 N–H and O–H groups in total. The second kappa shape index (κ2) is 6.06. The van der Waals surface area contributed by atoms with Crippen molar-refractivity contribution in [1.29, 1.82) is 0 Å². The number of methoxy groups -OCH3 is 1. The average molecular weight is 426 g/mol. The van der Waals surface area contributed by atoms with Crippen LogP contribution in [0.5, 0.6) is 11.5 Å². The molecule has 1 aromatic carbocycles. The molecule has 2 spiro atoms. The molecule has 168 valence electrons. The molecule has 7 atom stereocenters. The molecular formula is C26H35NO4. The molecule has 1 aromatic rings. The van der Waals surface area contributed by atoms with Crippen LogP contribution in [0.15, 0.2) is 24.3 Å². The van der Waals surface area contributed by atoms with Crippen LogP contribution >= 0.6 is 0 Å². The van der Waals surface area contributed by atoms with Gasteiger partial charge in [-0.1, -0.05) is 38.0 Å². The molecule has 5 nitrogen and oxygen atoms in total. The minimum Gasteiger partial charge on any atom is -0.504 e. The van der Waals surface area contributed by atoms with Crippen molar-refractivity contribution in [1.82, 2.24) is 4.90 Å². The average Bonchev–Trinajstić information content (AvgIpc) is 3.14. The summed E-state index contributed by atoms with van der Waals surface area (Å²) in [5.41, 5.74) is 0.627. The van der Waals surface area contributed by atoms with Gasteiger partial charge in [0, 0.05) is 30.0 Å². The van der Waals surface area contributed by atoms with Gasteiger partial charge in [0.05, 0.1) is 11.0 Å². The molecule has 4 aliphatic carbocycles. The van der Waals surface area contributed by atoms with Gasteiger partial charge in [0.15, 0.2) is 11.5 Å². The second-order valence-corrected chi connectivity index (χ2v) is 11.0. The minimum absolute atomic E-state index is 0.0633. The first-order chi connectivity index (χ1) is 14.8. The van der Waals surface area contributed by atoms with E-state index in [4.69, 9.17) is 9.47 Å². The highest BCUT2D eigenvalue weighted by atomic mass is 16.6. The fraction of sp³-hybridized carbons (Fsp3) is 0.692. The maximum absolute atomic E-state index is 11.8. The number of likely N-dealkylation sites (tertiary alicyclic amines) is 1. The third kappa shape index (κ3) is 2.05. The van der Waals surface area contributed by atoms with Gasteiger partial charge in [-0.3, -0.25) is 0 Å². The number of nitrogens with zero attached hydrogens (tertiary/aromatic N) is 1. The molecule has 0 amide bonds. The Kier molecular flexibility index (Phi) is 3.93. The van der Waals surface area contributed by atoms with E-state index in [0.29, 0.717) is 11.8 Å². The van der Waals surface area contributed by atoms with Gasteiger partial charge in [-0.2, -0.15) is 0 Å². The summed E-state index contributed by atoms with van der Waals surface area (Å²) in [7, 11) is 4.01. The van der Waals surface area contributed by atoms with Crippen molar-refractivity contribution in [3.63, 3.8) is 0 Å². The van der Waals surface area contributed by atoms with E-state index in [1.165, 1.54) is 11.1 Å². The highest BCUT2D eigenvalue weighted by Gasteiger charge is 2.80. The predicted octanol–water partition coefficient (Wildman–Crippen LogP) is 3.55. The van der Waals surface area contributed by atoms with Crippen LogP contribution in [0.2, 0.25) is 0 Å². The largest absolute Gasteiger partial charge is 0.504 e. The lowest BCUT2D eigenvalue weighted by Gasteiger charge is -2.72. The molecule has 6 aliphatic rings. The molecule has 5 heteroatoms. The van der Waals surface area contributed by atoms with Crippen molar-refractivity contribution in [3.8, 4) is 11.5 Å². The lowest BCUT2D eigenvalue weighted by atomic mass is 9.36. The maximum atomic E-state index is 11.8. The van der Waals surface area contributed by atoms with Crippen molar-refractivity contribution in [2.24, 2.45) is 11.3 Å². The molecular weight excluding hydrogens is 390 g/mol. The number of aliphatic hydroxyl groups is 1. The Balaban J connectivity index is 1.62. The number of rotatable bonds is 5. The van der Waals surface area contributed by atoms with E-state index in [2.05, 4.69) is 37.1 Å². The van der Waals surface area contributed by atoms with Gasteiger partial charge in [-0.15, -0.1) is 0 Å². The van der Waals surface area contributed by atoms with Gasteiger partial charge >= 0.3 is 0 Å². The SMILES string of the molecule is CCCC[C@@](C)(O)C1CC23C=C[C@@]1(OC)[C@@H]1Oc4c(O)ccc5c4[C@@]12CCN(C)[C@@H]3C5. The number of ether oxygens (including phenoxy) is 2. The van der Waals surface area contributed by atoms with Crippen molar-refractivity contribution in [2.45, 2.75) is 81.1 Å². The maximum Gasteiger partial charge on any atom is 0.165 e. The fourth-order valence-corrected chi connectivity index (χ4v) is 8.47.